The summed E-state index contributed by atoms with van der Waals surface area (Å²) in [5.74, 6) is 0. The number of rotatable bonds is 0. The second-order valence-electron chi connectivity index (χ2n) is 0. The first-order chi connectivity index (χ1) is 6.00. The first-order valence-corrected chi connectivity index (χ1v) is 1.34. The van der Waals surface area contributed by atoms with Gasteiger partial charge in [0.15, 0.2) is 0 Å². The predicted molar refractivity (Wildman–Crippen MR) is 30.9 cm³/mol. The normalized spacial score (nSPS) is 0.800. The fourth-order valence-electron chi connectivity index (χ4n) is 0. The Labute approximate surface area is 156 Å². The Balaban J connectivity index is -0.00000000321. The molecule has 0 fully saturated rings. The van der Waals surface area contributed by atoms with Crippen molar-refractivity contribution in [2.75, 3.05) is 0 Å². The van der Waals surface area contributed by atoms with Crippen molar-refractivity contribution < 1.29 is 86.9 Å². The molecule has 15 heavy (non-hydrogen) atoms. The van der Waals surface area contributed by atoms with E-state index < -0.39 is 0 Å². The zero-order valence-electron chi connectivity index (χ0n) is 8.39. The topological polar surface area (TPSA) is 143 Å². The van der Waals surface area contributed by atoms with Crippen LogP contribution in [-0.4, -0.2) is 0 Å². The van der Waals surface area contributed by atoms with Gasteiger partial charge in [-0.05, 0) is 0 Å². The van der Waals surface area contributed by atoms with Gasteiger partial charge in [-0.3, -0.25) is 0 Å². The van der Waals surface area contributed by atoms with Crippen LogP contribution >= 0.6 is 0 Å². The standard InChI is InChI=1S/6CN.2Fe.K.H/c6*1-2;;;;/q6*-1;;+6;+1;-1. The van der Waals surface area contributed by atoms with Crippen LogP contribution < -0.4 is 51.4 Å². The SMILES string of the molecule is [C-]#N.[C-]#N.[C-]#N.[C-]#N.[C-]#N.[C-]#N.[Fe+6].[Fe].[H-].[K+]. The predicted octanol–water partition coefficient (Wildman–Crippen LogP) is -2.31. The van der Waals surface area contributed by atoms with Crippen LogP contribution in [0.25, 0.3) is 0 Å². The molecule has 72 valence electrons. The Bertz CT molecular complexity index is 106. The van der Waals surface area contributed by atoms with Crippen LogP contribution in [0.1, 0.15) is 1.43 Å². The van der Waals surface area contributed by atoms with Crippen LogP contribution in [0.3, 0.4) is 0 Å². The van der Waals surface area contributed by atoms with E-state index in [1.54, 1.807) is 0 Å². The summed E-state index contributed by atoms with van der Waals surface area (Å²) >= 11 is 0. The van der Waals surface area contributed by atoms with Gasteiger partial charge >= 0.3 is 68.5 Å². The van der Waals surface area contributed by atoms with Gasteiger partial charge in [0, 0.05) is 17.1 Å². The molecule has 0 spiro atoms. The molecule has 0 aliphatic heterocycles. The van der Waals surface area contributed by atoms with Gasteiger partial charge in [-0.15, -0.1) is 0 Å². The molecule has 0 saturated carbocycles. The van der Waals surface area contributed by atoms with E-state index in [0.29, 0.717) is 0 Å². The van der Waals surface area contributed by atoms with Crippen LogP contribution in [0.4, 0.5) is 0 Å². The van der Waals surface area contributed by atoms with E-state index in [0.717, 1.165) is 0 Å². The zero-order valence-corrected chi connectivity index (χ0v) is 12.7. The van der Waals surface area contributed by atoms with Crippen molar-refractivity contribution in [3.63, 3.8) is 0 Å². The van der Waals surface area contributed by atoms with Crippen molar-refractivity contribution in [2.45, 2.75) is 0 Å². The molecule has 0 aliphatic carbocycles. The van der Waals surface area contributed by atoms with Crippen LogP contribution in [0.5, 0.6) is 0 Å². The summed E-state index contributed by atoms with van der Waals surface area (Å²) in [7, 11) is 0. The third-order valence-corrected chi connectivity index (χ3v) is 0. The zero-order chi connectivity index (χ0) is 12.0. The van der Waals surface area contributed by atoms with Crippen LogP contribution in [0.2, 0.25) is 0 Å². The van der Waals surface area contributed by atoms with E-state index >= 15 is 0 Å². The van der Waals surface area contributed by atoms with Crippen molar-refractivity contribution in [1.82, 2.24) is 0 Å². The van der Waals surface area contributed by atoms with E-state index in [1.165, 1.54) is 0 Å². The quantitative estimate of drug-likeness (QED) is 0.363. The summed E-state index contributed by atoms with van der Waals surface area (Å²) in [5.41, 5.74) is 0. The molecule has 0 heterocycles. The number of hydrogen-bond acceptors (Lipinski definition) is 6. The average Bonchev–Trinajstić information content (AvgIpc) is 2.33. The minimum atomic E-state index is 0. The summed E-state index contributed by atoms with van der Waals surface area (Å²) in [4.78, 5) is 0. The second kappa shape index (κ2) is 14600. The van der Waals surface area contributed by atoms with Gasteiger partial charge in [-0.2, -0.15) is 0 Å². The molecule has 0 aromatic carbocycles. The van der Waals surface area contributed by atoms with Crippen LogP contribution in [0, 0.1) is 71.0 Å². The molecule has 0 aromatic heterocycles. The molecular weight excluding hydrogens is 307 g/mol. The summed E-state index contributed by atoms with van der Waals surface area (Å²) < 4.78 is 0. The molecule has 0 unspecified atom stereocenters. The molecule has 0 atom stereocenters. The molecular formula is C6HFe2KN6. The molecule has 0 radical (unpaired) electrons. The van der Waals surface area contributed by atoms with Gasteiger partial charge in [0.1, 0.15) is 0 Å². The molecule has 0 aromatic rings. The Morgan fingerprint density at radius 1 is 0.467 bits per heavy atom. The average molecular weight is 308 g/mol. The minimum Gasteiger partial charge on any atom is -1.00 e. The molecule has 6 nitrogen and oxygen atoms in total. The smallest absolute Gasteiger partial charge is 1.00 e. The third kappa shape index (κ3) is 12400. The summed E-state index contributed by atoms with van der Waals surface area (Å²) in [5, 5.41) is 37.5. The van der Waals surface area contributed by atoms with Gasteiger partial charge in [0.25, 0.3) is 0 Å². The fraction of sp³-hybridized carbons (Fsp3) is 0. The Morgan fingerprint density at radius 3 is 0.467 bits per heavy atom. The largest absolute Gasteiger partial charge is 6.00 e. The minimum absolute atomic E-state index is 0. The summed E-state index contributed by atoms with van der Waals surface area (Å²) in [6.07, 6.45) is 0. The van der Waals surface area contributed by atoms with Crippen molar-refractivity contribution in [2.24, 2.45) is 0 Å². The maximum atomic E-state index is 6.25. The van der Waals surface area contributed by atoms with E-state index in [4.69, 9.17) is 71.0 Å². The molecule has 0 rings (SSSR count). The maximum Gasteiger partial charge on any atom is 6.00 e. The van der Waals surface area contributed by atoms with Gasteiger partial charge < -0.3 is 72.4 Å². The van der Waals surface area contributed by atoms with Crippen molar-refractivity contribution in [3.8, 4) is 0 Å². The monoisotopic (exact) mass is 308 g/mol. The van der Waals surface area contributed by atoms with Crippen molar-refractivity contribution in [1.29, 1.82) is 31.6 Å². The summed E-state index contributed by atoms with van der Waals surface area (Å²) in [6, 6.07) is 0. The molecule has 0 saturated heterocycles. The maximum absolute atomic E-state index is 6.25. The van der Waals surface area contributed by atoms with Gasteiger partial charge in [0.05, 0.1) is 0 Å². The molecule has 9 heteroatoms. The van der Waals surface area contributed by atoms with E-state index in [1.807, 2.05) is 0 Å². The van der Waals surface area contributed by atoms with Crippen LogP contribution in [0.15, 0.2) is 0 Å². The molecule has 0 N–H and O–H groups in total. The Hall–Kier alpha value is -0.385. The number of hydrogen-bond donors (Lipinski definition) is 0. The molecule has 0 bridgehead atoms. The van der Waals surface area contributed by atoms with E-state index in [2.05, 4.69) is 0 Å². The Kier molecular flexibility index (Phi) is 83900. The second-order valence-corrected chi connectivity index (χ2v) is 0. The van der Waals surface area contributed by atoms with Crippen molar-refractivity contribution in [3.05, 3.63) is 39.4 Å². The van der Waals surface area contributed by atoms with E-state index in [9.17, 15) is 0 Å². The van der Waals surface area contributed by atoms with Crippen molar-refractivity contribution >= 4 is 0 Å². The first-order valence-electron chi connectivity index (χ1n) is 1.34. The molecule has 0 aliphatic rings. The van der Waals surface area contributed by atoms with Gasteiger partial charge in [-0.1, -0.05) is 0 Å². The summed E-state index contributed by atoms with van der Waals surface area (Å²) in [6.45, 7) is 28.5. The van der Waals surface area contributed by atoms with Gasteiger partial charge in [0.2, 0.25) is 0 Å². The number of nitrogens with zero attached hydrogens (tertiary/aromatic N) is 6. The molecule has 0 amide bonds. The third-order valence-electron chi connectivity index (χ3n) is 0. The Morgan fingerprint density at radius 2 is 0.467 bits per heavy atom. The first kappa shape index (κ1) is 85.9. The van der Waals surface area contributed by atoms with Crippen LogP contribution in [-0.2, 0) is 34.1 Å². The van der Waals surface area contributed by atoms with E-state index in [-0.39, 0.29) is 86.9 Å². The van der Waals surface area contributed by atoms with Gasteiger partial charge in [-0.25, -0.2) is 0 Å². The fourth-order valence-corrected chi connectivity index (χ4v) is 0.